The fourth-order valence-electron chi connectivity index (χ4n) is 4.55. The Morgan fingerprint density at radius 1 is 0.792 bits per heavy atom. The molecule has 3 rings (SSSR count). The normalized spacial score (nSPS) is 24.8. The van der Waals surface area contributed by atoms with Crippen LogP contribution in [0.2, 0.25) is 0 Å². The molecule has 0 aromatic rings. The van der Waals surface area contributed by atoms with E-state index in [4.69, 9.17) is 0 Å². The van der Waals surface area contributed by atoms with E-state index in [1.54, 1.807) is 0 Å². The average molecular weight is 335 g/mol. The Bertz CT molecular complexity index is 444. The molecule has 0 radical (unpaired) electrons. The van der Waals surface area contributed by atoms with Gasteiger partial charge in [-0.3, -0.25) is 14.5 Å². The van der Waals surface area contributed by atoms with Gasteiger partial charge in [0, 0.05) is 57.1 Å². The number of piperidine rings is 1. The minimum atomic E-state index is 0.0564. The first-order chi connectivity index (χ1) is 11.6. The zero-order valence-corrected chi connectivity index (χ0v) is 15.4. The van der Waals surface area contributed by atoms with Gasteiger partial charge in [0.1, 0.15) is 0 Å². The van der Waals surface area contributed by atoms with E-state index >= 15 is 0 Å². The highest BCUT2D eigenvalue weighted by Crippen LogP contribution is 2.26. The van der Waals surface area contributed by atoms with Crippen LogP contribution in [-0.4, -0.2) is 71.8 Å². The van der Waals surface area contributed by atoms with Gasteiger partial charge in [0.2, 0.25) is 11.8 Å². The molecule has 2 amide bonds. The molecule has 5 nitrogen and oxygen atoms in total. The molecule has 0 aromatic carbocycles. The fourth-order valence-corrected chi connectivity index (χ4v) is 4.55. The van der Waals surface area contributed by atoms with E-state index in [2.05, 4.69) is 9.80 Å². The van der Waals surface area contributed by atoms with Crippen molar-refractivity contribution >= 4 is 11.8 Å². The minimum Gasteiger partial charge on any atom is -0.342 e. The van der Waals surface area contributed by atoms with E-state index in [-0.39, 0.29) is 17.7 Å². The molecular weight excluding hydrogens is 302 g/mol. The number of piperazine rings is 1. The Kier molecular flexibility index (Phi) is 5.80. The number of carbonyl (C=O) groups is 2. The Morgan fingerprint density at radius 3 is 1.92 bits per heavy atom. The molecule has 0 spiro atoms. The second-order valence-electron chi connectivity index (χ2n) is 8.05. The molecule has 0 bridgehead atoms. The lowest BCUT2D eigenvalue weighted by Crippen LogP contribution is -2.53. The summed E-state index contributed by atoms with van der Waals surface area (Å²) in [6.07, 6.45) is 7.10. The highest BCUT2D eigenvalue weighted by molar-refractivity contribution is 5.81. The van der Waals surface area contributed by atoms with Gasteiger partial charge in [-0.15, -0.1) is 0 Å². The summed E-state index contributed by atoms with van der Waals surface area (Å²) < 4.78 is 0. The number of amides is 2. The molecule has 136 valence electrons. The fraction of sp³-hybridized carbons (Fsp3) is 0.895. The predicted molar refractivity (Wildman–Crippen MR) is 94.6 cm³/mol. The molecule has 0 atom stereocenters. The minimum absolute atomic E-state index is 0.0564. The lowest BCUT2D eigenvalue weighted by atomic mass is 9.94. The van der Waals surface area contributed by atoms with Crippen LogP contribution in [0.5, 0.6) is 0 Å². The first-order valence-electron chi connectivity index (χ1n) is 9.88. The Balaban J connectivity index is 1.44. The highest BCUT2D eigenvalue weighted by Gasteiger charge is 2.33. The van der Waals surface area contributed by atoms with Gasteiger partial charge >= 0.3 is 0 Å². The number of hydrogen-bond donors (Lipinski definition) is 0. The summed E-state index contributed by atoms with van der Waals surface area (Å²) in [5, 5.41) is 0. The van der Waals surface area contributed by atoms with Crippen molar-refractivity contribution in [1.29, 1.82) is 0 Å². The topological polar surface area (TPSA) is 43.9 Å². The number of rotatable bonds is 3. The van der Waals surface area contributed by atoms with Crippen LogP contribution in [-0.2, 0) is 9.59 Å². The zero-order chi connectivity index (χ0) is 17.1. The van der Waals surface area contributed by atoms with Crippen LogP contribution < -0.4 is 0 Å². The van der Waals surface area contributed by atoms with Crippen LogP contribution in [0.3, 0.4) is 0 Å². The van der Waals surface area contributed by atoms with E-state index < -0.39 is 0 Å². The monoisotopic (exact) mass is 335 g/mol. The van der Waals surface area contributed by atoms with Gasteiger partial charge in [0.15, 0.2) is 0 Å². The summed E-state index contributed by atoms with van der Waals surface area (Å²) in [4.78, 5) is 31.5. The zero-order valence-electron chi connectivity index (χ0n) is 15.4. The molecule has 1 aliphatic carbocycles. The summed E-state index contributed by atoms with van der Waals surface area (Å²) in [5.74, 6) is 0.740. The number of nitrogens with zero attached hydrogens (tertiary/aromatic N) is 3. The maximum Gasteiger partial charge on any atom is 0.225 e. The summed E-state index contributed by atoms with van der Waals surface area (Å²) in [6.45, 7) is 9.25. The van der Waals surface area contributed by atoms with Crippen LogP contribution in [0.1, 0.15) is 52.4 Å². The van der Waals surface area contributed by atoms with Gasteiger partial charge < -0.3 is 9.80 Å². The second kappa shape index (κ2) is 7.85. The molecule has 2 saturated heterocycles. The Labute approximate surface area is 146 Å². The van der Waals surface area contributed by atoms with Crippen molar-refractivity contribution in [2.45, 2.75) is 58.4 Å². The van der Waals surface area contributed by atoms with Crippen molar-refractivity contribution in [3.63, 3.8) is 0 Å². The van der Waals surface area contributed by atoms with Gasteiger partial charge in [-0.25, -0.2) is 0 Å². The van der Waals surface area contributed by atoms with E-state index in [1.807, 2.05) is 18.7 Å². The molecule has 2 aliphatic heterocycles. The molecular formula is C19H33N3O2. The summed E-state index contributed by atoms with van der Waals surface area (Å²) in [7, 11) is 0. The summed E-state index contributed by atoms with van der Waals surface area (Å²) in [6, 6.07) is 0.771. The van der Waals surface area contributed by atoms with Crippen molar-refractivity contribution in [3.05, 3.63) is 0 Å². The second-order valence-corrected chi connectivity index (χ2v) is 8.05. The Hall–Kier alpha value is -1.10. The van der Waals surface area contributed by atoms with E-state index in [0.717, 1.165) is 58.2 Å². The third kappa shape index (κ3) is 3.93. The average Bonchev–Trinajstić information content (AvgIpc) is 3.15. The molecule has 0 unspecified atom stereocenters. The summed E-state index contributed by atoms with van der Waals surface area (Å²) in [5.41, 5.74) is 0. The first kappa shape index (κ1) is 17.7. The molecule has 0 aromatic heterocycles. The van der Waals surface area contributed by atoms with E-state index in [0.29, 0.717) is 5.91 Å². The van der Waals surface area contributed by atoms with Crippen molar-refractivity contribution in [2.75, 3.05) is 39.3 Å². The third-order valence-electron chi connectivity index (χ3n) is 6.12. The summed E-state index contributed by atoms with van der Waals surface area (Å²) >= 11 is 0. The van der Waals surface area contributed by atoms with Crippen molar-refractivity contribution < 1.29 is 9.59 Å². The molecule has 5 heteroatoms. The largest absolute Gasteiger partial charge is 0.342 e. The van der Waals surface area contributed by atoms with Crippen molar-refractivity contribution in [3.8, 4) is 0 Å². The van der Waals surface area contributed by atoms with Gasteiger partial charge in [-0.2, -0.15) is 0 Å². The number of likely N-dealkylation sites (tertiary alicyclic amines) is 1. The lowest BCUT2D eigenvalue weighted by molar-refractivity contribution is -0.143. The maximum absolute atomic E-state index is 12.8. The predicted octanol–water partition coefficient (Wildman–Crippen LogP) is 1.97. The third-order valence-corrected chi connectivity index (χ3v) is 6.12. The van der Waals surface area contributed by atoms with Crippen molar-refractivity contribution in [1.82, 2.24) is 14.7 Å². The molecule has 3 fully saturated rings. The standard InChI is InChI=1S/C19H33N3O2/c1-15(2)18(23)21-9-7-16(8-10-21)19(24)22-13-11-20(12-14-22)17-5-3-4-6-17/h15-17H,3-14H2,1-2H3. The quantitative estimate of drug-likeness (QED) is 0.792. The van der Waals surface area contributed by atoms with Gasteiger partial charge in [-0.05, 0) is 25.7 Å². The van der Waals surface area contributed by atoms with Crippen LogP contribution in [0.15, 0.2) is 0 Å². The SMILES string of the molecule is CC(C)C(=O)N1CCC(C(=O)N2CCN(C3CCCC3)CC2)CC1. The first-order valence-corrected chi connectivity index (χ1v) is 9.88. The van der Waals surface area contributed by atoms with Crippen LogP contribution in [0.4, 0.5) is 0 Å². The Morgan fingerprint density at radius 2 is 1.38 bits per heavy atom. The van der Waals surface area contributed by atoms with Crippen LogP contribution >= 0.6 is 0 Å². The molecule has 1 saturated carbocycles. The molecule has 2 heterocycles. The van der Waals surface area contributed by atoms with E-state index in [9.17, 15) is 9.59 Å². The number of hydrogen-bond acceptors (Lipinski definition) is 3. The van der Waals surface area contributed by atoms with Crippen LogP contribution in [0.25, 0.3) is 0 Å². The highest BCUT2D eigenvalue weighted by atomic mass is 16.2. The maximum atomic E-state index is 12.8. The van der Waals surface area contributed by atoms with Gasteiger partial charge in [0.25, 0.3) is 0 Å². The van der Waals surface area contributed by atoms with E-state index in [1.165, 1.54) is 25.7 Å². The van der Waals surface area contributed by atoms with Crippen molar-refractivity contribution in [2.24, 2.45) is 11.8 Å². The lowest BCUT2D eigenvalue weighted by Gasteiger charge is -2.40. The molecule has 3 aliphatic rings. The van der Waals surface area contributed by atoms with Gasteiger partial charge in [0.05, 0.1) is 0 Å². The van der Waals surface area contributed by atoms with Crippen LogP contribution in [0, 0.1) is 11.8 Å². The smallest absolute Gasteiger partial charge is 0.225 e. The number of carbonyl (C=O) groups excluding carboxylic acids is 2. The van der Waals surface area contributed by atoms with Gasteiger partial charge in [-0.1, -0.05) is 26.7 Å². The molecule has 0 N–H and O–H groups in total. The molecule has 24 heavy (non-hydrogen) atoms.